The monoisotopic (exact) mass is 277 g/mol. The van der Waals surface area contributed by atoms with Crippen molar-refractivity contribution in [2.24, 2.45) is 5.92 Å². The molecule has 0 heterocycles. The van der Waals surface area contributed by atoms with E-state index in [1.54, 1.807) is 7.11 Å². The highest BCUT2D eigenvalue weighted by atomic mass is 16.5. The summed E-state index contributed by atoms with van der Waals surface area (Å²) in [6, 6.07) is 8.61. The van der Waals surface area contributed by atoms with Crippen LogP contribution in [0.2, 0.25) is 0 Å². The molecule has 0 radical (unpaired) electrons. The second-order valence-corrected chi connectivity index (χ2v) is 5.53. The number of ether oxygens (including phenoxy) is 2. The molecule has 0 amide bonds. The van der Waals surface area contributed by atoms with Gasteiger partial charge in [0, 0.05) is 24.8 Å². The summed E-state index contributed by atoms with van der Waals surface area (Å²) < 4.78 is 11.1. The molecule has 1 aliphatic carbocycles. The molecule has 1 saturated carbocycles. The molecule has 0 spiro atoms. The molecular weight excluding hydrogens is 250 g/mol. The fourth-order valence-electron chi connectivity index (χ4n) is 2.41. The molecule has 3 heteroatoms. The Morgan fingerprint density at radius 3 is 2.80 bits per heavy atom. The van der Waals surface area contributed by atoms with Crippen LogP contribution in [-0.4, -0.2) is 26.9 Å². The van der Waals surface area contributed by atoms with Crippen LogP contribution in [0.15, 0.2) is 24.3 Å². The first kappa shape index (κ1) is 15.3. The van der Waals surface area contributed by atoms with Gasteiger partial charge in [-0.3, -0.25) is 0 Å². The van der Waals surface area contributed by atoms with Gasteiger partial charge in [0.05, 0.1) is 7.11 Å². The van der Waals surface area contributed by atoms with E-state index >= 15 is 0 Å². The van der Waals surface area contributed by atoms with Crippen molar-refractivity contribution >= 4 is 0 Å². The van der Waals surface area contributed by atoms with E-state index in [-0.39, 0.29) is 0 Å². The topological polar surface area (TPSA) is 30.5 Å². The van der Waals surface area contributed by atoms with Gasteiger partial charge in [-0.25, -0.2) is 0 Å². The van der Waals surface area contributed by atoms with E-state index in [1.165, 1.54) is 18.4 Å². The number of hydrogen-bond acceptors (Lipinski definition) is 3. The second kappa shape index (κ2) is 8.28. The van der Waals surface area contributed by atoms with Crippen molar-refractivity contribution in [3.63, 3.8) is 0 Å². The molecule has 2 rings (SSSR count). The third-order valence-electron chi connectivity index (χ3n) is 3.83. The van der Waals surface area contributed by atoms with E-state index < -0.39 is 0 Å². The maximum Gasteiger partial charge on any atom is 0.123 e. The molecule has 0 aliphatic heterocycles. The van der Waals surface area contributed by atoms with Gasteiger partial charge in [0.15, 0.2) is 0 Å². The fourth-order valence-corrected chi connectivity index (χ4v) is 2.41. The summed E-state index contributed by atoms with van der Waals surface area (Å²) in [5, 5.41) is 3.60. The number of nitrogens with one attached hydrogen (secondary N) is 1. The molecule has 1 aromatic rings. The predicted octanol–water partition coefficient (Wildman–Crippen LogP) is 3.55. The Balaban J connectivity index is 1.70. The van der Waals surface area contributed by atoms with E-state index in [2.05, 4.69) is 24.4 Å². The Morgan fingerprint density at radius 2 is 2.10 bits per heavy atom. The molecule has 1 unspecified atom stereocenters. The van der Waals surface area contributed by atoms with Crippen LogP contribution in [0.25, 0.3) is 0 Å². The lowest BCUT2D eigenvalue weighted by molar-refractivity contribution is 0.121. The Labute approximate surface area is 122 Å². The minimum absolute atomic E-state index is 0.356. The number of benzene rings is 1. The van der Waals surface area contributed by atoms with Crippen LogP contribution in [0.4, 0.5) is 0 Å². The Bertz CT molecular complexity index is 390. The molecule has 1 fully saturated rings. The van der Waals surface area contributed by atoms with Crippen LogP contribution in [0.1, 0.15) is 44.2 Å². The first-order chi connectivity index (χ1) is 9.85. The molecule has 0 bridgehead atoms. The molecule has 0 saturated heterocycles. The van der Waals surface area contributed by atoms with Gasteiger partial charge < -0.3 is 14.8 Å². The molecule has 1 aliphatic rings. The lowest BCUT2D eigenvalue weighted by Crippen LogP contribution is -2.23. The van der Waals surface area contributed by atoms with Crippen LogP contribution < -0.4 is 10.1 Å². The third-order valence-corrected chi connectivity index (χ3v) is 3.83. The van der Waals surface area contributed by atoms with Crippen LogP contribution in [0.5, 0.6) is 5.75 Å². The number of methoxy groups -OCH3 is 1. The number of hydrogen-bond donors (Lipinski definition) is 1. The van der Waals surface area contributed by atoms with Crippen molar-refractivity contribution in [1.29, 1.82) is 0 Å². The van der Waals surface area contributed by atoms with Crippen LogP contribution >= 0.6 is 0 Å². The smallest absolute Gasteiger partial charge is 0.123 e. The standard InChI is InChI=1S/C17H27NO2/c1-3-16(15-7-4-5-8-17(15)19-2)18-11-6-12-20-13-14-9-10-14/h4-5,7-8,14,16,18H,3,6,9-13H2,1-2H3. The van der Waals surface area contributed by atoms with Gasteiger partial charge in [-0.2, -0.15) is 0 Å². The summed E-state index contributed by atoms with van der Waals surface area (Å²) in [6.45, 7) is 5.02. The quantitative estimate of drug-likeness (QED) is 0.663. The minimum atomic E-state index is 0.356. The molecule has 1 N–H and O–H groups in total. The van der Waals surface area contributed by atoms with Gasteiger partial charge in [-0.05, 0) is 44.2 Å². The van der Waals surface area contributed by atoms with E-state index in [0.29, 0.717) is 6.04 Å². The lowest BCUT2D eigenvalue weighted by atomic mass is 10.0. The summed E-state index contributed by atoms with van der Waals surface area (Å²) >= 11 is 0. The summed E-state index contributed by atoms with van der Waals surface area (Å²) in [5.74, 6) is 1.83. The van der Waals surface area contributed by atoms with Crippen LogP contribution in [-0.2, 0) is 4.74 Å². The second-order valence-electron chi connectivity index (χ2n) is 5.53. The Kier molecular flexibility index (Phi) is 6.34. The number of rotatable bonds is 10. The van der Waals surface area contributed by atoms with E-state index in [4.69, 9.17) is 9.47 Å². The molecule has 0 aromatic heterocycles. The summed E-state index contributed by atoms with van der Waals surface area (Å²) in [5.41, 5.74) is 1.25. The SMILES string of the molecule is CCC(NCCCOCC1CC1)c1ccccc1OC. The van der Waals surface area contributed by atoms with Gasteiger partial charge in [0.2, 0.25) is 0 Å². The van der Waals surface area contributed by atoms with Gasteiger partial charge in [0.25, 0.3) is 0 Å². The molecule has 1 atom stereocenters. The van der Waals surface area contributed by atoms with Crippen molar-refractivity contribution < 1.29 is 9.47 Å². The minimum Gasteiger partial charge on any atom is -0.496 e. The molecule has 1 aromatic carbocycles. The Hall–Kier alpha value is -1.06. The molecule has 20 heavy (non-hydrogen) atoms. The van der Waals surface area contributed by atoms with Crippen molar-refractivity contribution in [3.05, 3.63) is 29.8 Å². The highest BCUT2D eigenvalue weighted by molar-refractivity contribution is 5.35. The zero-order valence-corrected chi connectivity index (χ0v) is 12.7. The maximum atomic E-state index is 5.66. The van der Waals surface area contributed by atoms with Crippen molar-refractivity contribution in [3.8, 4) is 5.75 Å². The summed E-state index contributed by atoms with van der Waals surface area (Å²) in [7, 11) is 1.73. The predicted molar refractivity (Wildman–Crippen MR) is 82.2 cm³/mol. The average molecular weight is 277 g/mol. The van der Waals surface area contributed by atoms with Gasteiger partial charge in [-0.1, -0.05) is 25.1 Å². The van der Waals surface area contributed by atoms with E-state index in [0.717, 1.165) is 44.3 Å². The largest absolute Gasteiger partial charge is 0.496 e. The van der Waals surface area contributed by atoms with Crippen molar-refractivity contribution in [1.82, 2.24) is 5.32 Å². The lowest BCUT2D eigenvalue weighted by Gasteiger charge is -2.20. The number of para-hydroxylation sites is 1. The van der Waals surface area contributed by atoms with Crippen molar-refractivity contribution in [2.45, 2.75) is 38.6 Å². The molecule has 3 nitrogen and oxygen atoms in total. The maximum absolute atomic E-state index is 5.66. The zero-order valence-electron chi connectivity index (χ0n) is 12.7. The molecule has 112 valence electrons. The first-order valence-corrected chi connectivity index (χ1v) is 7.79. The van der Waals surface area contributed by atoms with Gasteiger partial charge in [0.1, 0.15) is 5.75 Å². The summed E-state index contributed by atoms with van der Waals surface area (Å²) in [6.07, 6.45) is 4.86. The van der Waals surface area contributed by atoms with Crippen molar-refractivity contribution in [2.75, 3.05) is 26.9 Å². The highest BCUT2D eigenvalue weighted by Crippen LogP contribution is 2.29. The third kappa shape index (κ3) is 4.80. The first-order valence-electron chi connectivity index (χ1n) is 7.79. The molecular formula is C17H27NO2. The fraction of sp³-hybridized carbons (Fsp3) is 0.647. The average Bonchev–Trinajstić information content (AvgIpc) is 3.31. The van der Waals surface area contributed by atoms with E-state index in [1.807, 2.05) is 12.1 Å². The van der Waals surface area contributed by atoms with Crippen LogP contribution in [0.3, 0.4) is 0 Å². The summed E-state index contributed by atoms with van der Waals surface area (Å²) in [4.78, 5) is 0. The van der Waals surface area contributed by atoms with Crippen LogP contribution in [0, 0.1) is 5.92 Å². The highest BCUT2D eigenvalue weighted by Gasteiger charge is 2.20. The van der Waals surface area contributed by atoms with Gasteiger partial charge in [-0.15, -0.1) is 0 Å². The van der Waals surface area contributed by atoms with E-state index in [9.17, 15) is 0 Å². The van der Waals surface area contributed by atoms with Gasteiger partial charge >= 0.3 is 0 Å². The Morgan fingerprint density at radius 1 is 1.30 bits per heavy atom. The zero-order chi connectivity index (χ0) is 14.2. The normalized spacial score (nSPS) is 16.1.